The molecule has 5 nitrogen and oxygen atoms in total. The molecule has 0 heterocycles. The second-order valence-electron chi connectivity index (χ2n) is 3.29. The van der Waals surface area contributed by atoms with Crippen molar-refractivity contribution in [1.29, 1.82) is 0 Å². The van der Waals surface area contributed by atoms with Crippen LogP contribution in [0, 0.1) is 6.92 Å². The van der Waals surface area contributed by atoms with E-state index in [4.69, 9.17) is 9.84 Å². The Hall–Kier alpha value is -2.01. The highest BCUT2D eigenvalue weighted by Gasteiger charge is 2.13. The van der Waals surface area contributed by atoms with Gasteiger partial charge in [-0.25, -0.2) is 4.79 Å². The van der Waals surface area contributed by atoms with E-state index in [1.807, 2.05) is 0 Å². The molecule has 0 unspecified atom stereocenters. The van der Waals surface area contributed by atoms with Gasteiger partial charge in [0.2, 0.25) is 5.76 Å². The molecule has 1 aromatic carbocycles. The third-order valence-corrected chi connectivity index (χ3v) is 2.05. The number of methoxy groups -OCH3 is 1. The van der Waals surface area contributed by atoms with Crippen molar-refractivity contribution in [3.8, 4) is 11.5 Å². The summed E-state index contributed by atoms with van der Waals surface area (Å²) >= 11 is 0. The summed E-state index contributed by atoms with van der Waals surface area (Å²) in [5.74, 6) is -0.459. The molecule has 2 N–H and O–H groups in total. The fourth-order valence-electron chi connectivity index (χ4n) is 1.17. The van der Waals surface area contributed by atoms with Gasteiger partial charge in [-0.2, -0.15) is 0 Å². The number of carbonyl (C=O) groups excluding carboxylic acids is 1. The molecule has 0 radical (unpaired) electrons. The Labute approximate surface area is 98.9 Å². The summed E-state index contributed by atoms with van der Waals surface area (Å²) in [5.41, 5.74) is 0.746. The van der Waals surface area contributed by atoms with Crippen LogP contribution in [0.5, 0.6) is 11.5 Å². The Kier molecular flexibility index (Phi) is 4.54. The Bertz CT molecular complexity index is 437. The number of phenolic OH excluding ortho intramolecular Hbond substituents is 1. The molecule has 1 aromatic rings. The molecule has 0 aliphatic rings. The van der Waals surface area contributed by atoms with Gasteiger partial charge in [0, 0.05) is 6.07 Å². The van der Waals surface area contributed by atoms with Crippen molar-refractivity contribution >= 4 is 5.97 Å². The van der Waals surface area contributed by atoms with Crippen LogP contribution < -0.4 is 4.74 Å². The summed E-state index contributed by atoms with van der Waals surface area (Å²) in [6.07, 6.45) is 1.19. The molecule has 0 aromatic heterocycles. The predicted octanol–water partition coefficient (Wildman–Crippen LogP) is 1.13. The number of esters is 1. The van der Waals surface area contributed by atoms with Crippen LogP contribution in [0.25, 0.3) is 0 Å². The highest BCUT2D eigenvalue weighted by molar-refractivity contribution is 5.86. The van der Waals surface area contributed by atoms with E-state index in [-0.39, 0.29) is 18.1 Å². The minimum atomic E-state index is -0.693. The fraction of sp³-hybridized carbons (Fsp3) is 0.250. The van der Waals surface area contributed by atoms with Crippen LogP contribution in [0.3, 0.4) is 0 Å². The van der Waals surface area contributed by atoms with Gasteiger partial charge in [0.15, 0.2) is 0 Å². The third kappa shape index (κ3) is 3.49. The summed E-state index contributed by atoms with van der Waals surface area (Å²) in [6.45, 7) is 1.42. The number of aliphatic hydroxyl groups excluding tert-OH is 1. The molecule has 0 bridgehead atoms. The maximum absolute atomic E-state index is 11.3. The van der Waals surface area contributed by atoms with Gasteiger partial charge in [-0.05, 0) is 24.6 Å². The average Bonchev–Trinajstić information content (AvgIpc) is 2.32. The van der Waals surface area contributed by atoms with Gasteiger partial charge in [-0.15, -0.1) is 0 Å². The number of ether oxygens (including phenoxy) is 2. The molecule has 92 valence electrons. The summed E-state index contributed by atoms with van der Waals surface area (Å²) in [5, 5.41) is 18.1. The van der Waals surface area contributed by atoms with E-state index in [1.165, 1.54) is 25.3 Å². The largest absolute Gasteiger partial charge is 0.508 e. The third-order valence-electron chi connectivity index (χ3n) is 2.05. The average molecular weight is 238 g/mol. The lowest BCUT2D eigenvalue weighted by atomic mass is 10.2. The summed E-state index contributed by atoms with van der Waals surface area (Å²) < 4.78 is 9.79. The fourth-order valence-corrected chi connectivity index (χ4v) is 1.17. The van der Waals surface area contributed by atoms with Gasteiger partial charge >= 0.3 is 5.97 Å². The zero-order chi connectivity index (χ0) is 12.8. The van der Waals surface area contributed by atoms with Crippen molar-refractivity contribution in [1.82, 2.24) is 0 Å². The van der Waals surface area contributed by atoms with Gasteiger partial charge in [0.25, 0.3) is 0 Å². The number of benzene rings is 1. The summed E-state index contributed by atoms with van der Waals surface area (Å²) in [6, 6.07) is 4.54. The standard InChI is InChI=1S/C12H14O5/c1-8-3-4-9(14)7-11(8)17-10(5-6-13)12(15)16-2/h3-5,7,13-14H,6H2,1-2H3/b10-5-. The van der Waals surface area contributed by atoms with Gasteiger partial charge in [0.1, 0.15) is 11.5 Å². The Balaban J connectivity index is 2.97. The molecular formula is C12H14O5. The van der Waals surface area contributed by atoms with Crippen LogP contribution in [0.15, 0.2) is 30.0 Å². The van der Waals surface area contributed by atoms with Crippen LogP contribution in [-0.4, -0.2) is 29.9 Å². The molecule has 17 heavy (non-hydrogen) atoms. The molecule has 0 saturated carbocycles. The highest BCUT2D eigenvalue weighted by Crippen LogP contribution is 2.25. The number of carbonyl (C=O) groups is 1. The Morgan fingerprint density at radius 3 is 2.76 bits per heavy atom. The highest BCUT2D eigenvalue weighted by atomic mass is 16.6. The lowest BCUT2D eigenvalue weighted by Crippen LogP contribution is -2.12. The van der Waals surface area contributed by atoms with E-state index < -0.39 is 5.97 Å². The van der Waals surface area contributed by atoms with Gasteiger partial charge < -0.3 is 19.7 Å². The maximum atomic E-state index is 11.3. The molecule has 0 aliphatic heterocycles. The van der Waals surface area contributed by atoms with Crippen LogP contribution in [0.2, 0.25) is 0 Å². The van der Waals surface area contributed by atoms with Gasteiger partial charge in [0.05, 0.1) is 13.7 Å². The van der Waals surface area contributed by atoms with Crippen LogP contribution in [0.4, 0.5) is 0 Å². The molecule has 0 spiro atoms. The predicted molar refractivity (Wildman–Crippen MR) is 60.7 cm³/mol. The van der Waals surface area contributed by atoms with Gasteiger partial charge in [-0.1, -0.05) is 6.07 Å². The number of phenols is 1. The van der Waals surface area contributed by atoms with Crippen LogP contribution in [0.1, 0.15) is 5.56 Å². The normalized spacial score (nSPS) is 11.1. The topological polar surface area (TPSA) is 76.0 Å². The van der Waals surface area contributed by atoms with Crippen molar-refractivity contribution < 1.29 is 24.5 Å². The molecular weight excluding hydrogens is 224 g/mol. The van der Waals surface area contributed by atoms with E-state index in [9.17, 15) is 9.90 Å². The lowest BCUT2D eigenvalue weighted by molar-refractivity contribution is -0.138. The first-order valence-corrected chi connectivity index (χ1v) is 4.95. The number of aliphatic hydroxyl groups is 1. The van der Waals surface area contributed by atoms with E-state index in [2.05, 4.69) is 4.74 Å². The molecule has 0 amide bonds. The number of aromatic hydroxyl groups is 1. The zero-order valence-corrected chi connectivity index (χ0v) is 9.64. The number of aryl methyl sites for hydroxylation is 1. The van der Waals surface area contributed by atoms with E-state index in [1.54, 1.807) is 13.0 Å². The van der Waals surface area contributed by atoms with Crippen molar-refractivity contribution in [2.75, 3.05) is 13.7 Å². The van der Waals surface area contributed by atoms with Crippen molar-refractivity contribution in [3.63, 3.8) is 0 Å². The first kappa shape index (κ1) is 13.1. The number of rotatable bonds is 4. The lowest BCUT2D eigenvalue weighted by Gasteiger charge is -2.10. The zero-order valence-electron chi connectivity index (χ0n) is 9.64. The van der Waals surface area contributed by atoms with Crippen LogP contribution in [-0.2, 0) is 9.53 Å². The van der Waals surface area contributed by atoms with Crippen molar-refractivity contribution in [2.45, 2.75) is 6.92 Å². The van der Waals surface area contributed by atoms with E-state index >= 15 is 0 Å². The SMILES string of the molecule is COC(=O)/C(=C/CO)Oc1cc(O)ccc1C. The molecule has 1 rings (SSSR count). The Morgan fingerprint density at radius 2 is 2.18 bits per heavy atom. The van der Waals surface area contributed by atoms with Crippen molar-refractivity contribution in [2.24, 2.45) is 0 Å². The first-order valence-electron chi connectivity index (χ1n) is 4.95. The molecule has 5 heteroatoms. The molecule has 0 fully saturated rings. The minimum Gasteiger partial charge on any atom is -0.508 e. The maximum Gasteiger partial charge on any atom is 0.373 e. The molecule has 0 saturated heterocycles. The summed E-state index contributed by atoms with van der Waals surface area (Å²) in [7, 11) is 1.21. The number of hydrogen-bond acceptors (Lipinski definition) is 5. The van der Waals surface area contributed by atoms with E-state index in [0.29, 0.717) is 5.75 Å². The van der Waals surface area contributed by atoms with Gasteiger partial charge in [-0.3, -0.25) is 0 Å². The number of hydrogen-bond donors (Lipinski definition) is 2. The summed E-state index contributed by atoms with van der Waals surface area (Å²) in [4.78, 5) is 11.3. The van der Waals surface area contributed by atoms with Crippen LogP contribution >= 0.6 is 0 Å². The second-order valence-corrected chi connectivity index (χ2v) is 3.29. The van der Waals surface area contributed by atoms with Crippen molar-refractivity contribution in [3.05, 3.63) is 35.6 Å². The second kappa shape index (κ2) is 5.91. The molecule has 0 atom stereocenters. The minimum absolute atomic E-state index is 0.0267. The first-order chi connectivity index (χ1) is 8.08. The molecule has 0 aliphatic carbocycles. The Morgan fingerprint density at radius 1 is 1.47 bits per heavy atom. The monoisotopic (exact) mass is 238 g/mol. The van der Waals surface area contributed by atoms with E-state index in [0.717, 1.165) is 5.56 Å². The quantitative estimate of drug-likeness (QED) is 0.467. The smallest absolute Gasteiger partial charge is 0.373 e.